The molecule has 0 unspecified atom stereocenters. The third-order valence-electron chi connectivity index (χ3n) is 8.86. The molecule has 2 bridgehead atoms. The van der Waals surface area contributed by atoms with E-state index in [0.717, 1.165) is 27.2 Å². The van der Waals surface area contributed by atoms with Gasteiger partial charge in [0, 0.05) is 12.1 Å². The van der Waals surface area contributed by atoms with E-state index in [1.165, 1.54) is 24.3 Å². The molecule has 7 heteroatoms. The van der Waals surface area contributed by atoms with Crippen LogP contribution in [0.4, 0.5) is 11.4 Å². The van der Waals surface area contributed by atoms with Crippen molar-refractivity contribution in [3.8, 4) is 0 Å². The molecule has 0 N–H and O–H groups in total. The number of nitro benzene ring substituents is 1. The molecule has 1 aliphatic heterocycles. The Labute approximate surface area is 219 Å². The number of hydrogen-bond donors (Lipinski definition) is 0. The number of nitrogens with zero attached hydrogens (tertiary/aromatic N) is 2. The van der Waals surface area contributed by atoms with Gasteiger partial charge in [0.05, 0.1) is 33.3 Å². The summed E-state index contributed by atoms with van der Waals surface area (Å²) in [6.45, 7) is 3.82. The Morgan fingerprint density at radius 2 is 1.21 bits per heavy atom. The van der Waals surface area contributed by atoms with Gasteiger partial charge in [0.25, 0.3) is 5.69 Å². The van der Waals surface area contributed by atoms with E-state index in [9.17, 15) is 24.5 Å². The number of ketones is 1. The number of non-ortho nitro benzene ring substituents is 1. The highest BCUT2D eigenvalue weighted by molar-refractivity contribution is 6.34. The molecule has 7 nitrogen and oxygen atoms in total. The number of fused-ring (bicyclic) bond motifs is 5. The molecule has 1 saturated heterocycles. The highest BCUT2D eigenvalue weighted by Gasteiger charge is 2.80. The Kier molecular flexibility index (Phi) is 5.24. The lowest BCUT2D eigenvalue weighted by Crippen LogP contribution is -2.41. The van der Waals surface area contributed by atoms with E-state index in [1.54, 1.807) is 0 Å². The number of amides is 2. The highest BCUT2D eigenvalue weighted by Crippen LogP contribution is 2.75. The SMILES string of the molecule is CC[C@]12C(=O)[C@](CC)(C(c3ccccc3)=C1c1ccccc1)[C@@H]1C(=O)N(c3cccc([N+](=O)[O-])c3)C(=O)[C@H]12. The first kappa shape index (κ1) is 24.0. The first-order chi connectivity index (χ1) is 18.3. The van der Waals surface area contributed by atoms with E-state index in [2.05, 4.69) is 0 Å². The van der Waals surface area contributed by atoms with Crippen molar-refractivity contribution in [2.75, 3.05) is 4.90 Å². The van der Waals surface area contributed by atoms with Crippen LogP contribution in [-0.4, -0.2) is 22.5 Å². The molecule has 6 rings (SSSR count). The number of imide groups is 1. The lowest BCUT2D eigenvalue weighted by atomic mass is 9.60. The van der Waals surface area contributed by atoms with Crippen LogP contribution in [0.3, 0.4) is 0 Å². The van der Waals surface area contributed by atoms with Gasteiger partial charge < -0.3 is 0 Å². The van der Waals surface area contributed by atoms with Crippen LogP contribution in [-0.2, 0) is 14.4 Å². The number of benzene rings is 3. The normalized spacial score (nSPS) is 27.8. The molecule has 1 saturated carbocycles. The predicted octanol–water partition coefficient (Wildman–Crippen LogP) is 5.70. The summed E-state index contributed by atoms with van der Waals surface area (Å²) in [6, 6.07) is 24.9. The van der Waals surface area contributed by atoms with Crippen LogP contribution < -0.4 is 4.90 Å². The van der Waals surface area contributed by atoms with Crippen molar-refractivity contribution in [3.05, 3.63) is 106 Å². The zero-order chi connectivity index (χ0) is 26.8. The van der Waals surface area contributed by atoms with E-state index in [4.69, 9.17) is 0 Å². The summed E-state index contributed by atoms with van der Waals surface area (Å²) in [5.41, 5.74) is 0.959. The predicted molar refractivity (Wildman–Crippen MR) is 143 cm³/mol. The Hall–Kier alpha value is -4.39. The van der Waals surface area contributed by atoms with Gasteiger partial charge in [-0.25, -0.2) is 4.90 Å². The van der Waals surface area contributed by atoms with Gasteiger partial charge >= 0.3 is 0 Å². The van der Waals surface area contributed by atoms with Crippen molar-refractivity contribution in [1.82, 2.24) is 0 Å². The molecule has 3 aliphatic rings. The van der Waals surface area contributed by atoms with E-state index in [-0.39, 0.29) is 17.2 Å². The van der Waals surface area contributed by atoms with E-state index in [1.807, 2.05) is 74.5 Å². The van der Waals surface area contributed by atoms with Gasteiger partial charge in [-0.05, 0) is 41.2 Å². The quantitative estimate of drug-likeness (QED) is 0.243. The fourth-order valence-electron chi connectivity index (χ4n) is 7.46. The van der Waals surface area contributed by atoms with Crippen molar-refractivity contribution >= 4 is 40.1 Å². The molecule has 3 aromatic carbocycles. The fourth-order valence-corrected chi connectivity index (χ4v) is 7.46. The summed E-state index contributed by atoms with van der Waals surface area (Å²) in [7, 11) is 0. The molecule has 38 heavy (non-hydrogen) atoms. The molecule has 2 fully saturated rings. The second-order valence-electron chi connectivity index (χ2n) is 10.2. The van der Waals surface area contributed by atoms with Crippen LogP contribution in [0.25, 0.3) is 11.1 Å². The van der Waals surface area contributed by atoms with E-state index in [0.29, 0.717) is 12.8 Å². The number of Topliss-reactive ketones (excluding diaryl/α,β-unsaturated/α-hetero) is 1. The second-order valence-corrected chi connectivity index (χ2v) is 10.2. The van der Waals surface area contributed by atoms with Crippen molar-refractivity contribution in [2.24, 2.45) is 22.7 Å². The molecule has 0 spiro atoms. The first-order valence-electron chi connectivity index (χ1n) is 12.9. The van der Waals surface area contributed by atoms with E-state index < -0.39 is 39.4 Å². The third-order valence-corrected chi connectivity index (χ3v) is 8.86. The Bertz CT molecular complexity index is 1460. The van der Waals surface area contributed by atoms with Gasteiger partial charge in [0.1, 0.15) is 0 Å². The number of carbonyl (C=O) groups is 3. The zero-order valence-corrected chi connectivity index (χ0v) is 21.1. The molecule has 2 amide bonds. The number of carbonyl (C=O) groups excluding carboxylic acids is 3. The summed E-state index contributed by atoms with van der Waals surface area (Å²) in [4.78, 5) is 55.1. The van der Waals surface area contributed by atoms with Gasteiger partial charge in [-0.15, -0.1) is 0 Å². The van der Waals surface area contributed by atoms with Gasteiger partial charge in [0.15, 0.2) is 5.78 Å². The van der Waals surface area contributed by atoms with Crippen molar-refractivity contribution < 1.29 is 19.3 Å². The minimum Gasteiger partial charge on any atom is -0.298 e. The highest BCUT2D eigenvalue weighted by atomic mass is 16.6. The van der Waals surface area contributed by atoms with Crippen LogP contribution in [0.2, 0.25) is 0 Å². The number of allylic oxidation sites excluding steroid dienone is 2. The van der Waals surface area contributed by atoms with Crippen molar-refractivity contribution in [1.29, 1.82) is 0 Å². The standard InChI is InChI=1S/C31H26N2O5/c1-3-30-23(19-12-7-5-8-13-19)24(20-14-9-6-10-15-20)31(4-2,29(30)36)26-25(30)27(34)32(28(26)35)21-16-11-17-22(18-21)33(37)38/h5-18,25-26H,3-4H2,1-2H3/t25-,26-,30-,31+/m0/s1. The average molecular weight is 507 g/mol. The monoisotopic (exact) mass is 506 g/mol. The number of rotatable bonds is 6. The Morgan fingerprint density at radius 3 is 1.63 bits per heavy atom. The largest absolute Gasteiger partial charge is 0.298 e. The second kappa shape index (κ2) is 8.31. The molecule has 1 heterocycles. The van der Waals surface area contributed by atoms with Crippen LogP contribution in [0, 0.1) is 32.8 Å². The zero-order valence-electron chi connectivity index (χ0n) is 21.1. The molecule has 4 atom stereocenters. The van der Waals surface area contributed by atoms with Crippen molar-refractivity contribution in [3.63, 3.8) is 0 Å². The first-order valence-corrected chi connectivity index (χ1v) is 12.9. The molecular formula is C31H26N2O5. The molecule has 0 aromatic heterocycles. The molecule has 2 aliphatic carbocycles. The smallest absolute Gasteiger partial charge is 0.271 e. The van der Waals surface area contributed by atoms with Crippen LogP contribution in [0.1, 0.15) is 37.8 Å². The fraction of sp³-hybridized carbons (Fsp3) is 0.258. The minimum atomic E-state index is -1.19. The Balaban J connectivity index is 1.65. The van der Waals surface area contributed by atoms with Gasteiger partial charge in [-0.3, -0.25) is 24.5 Å². The molecule has 190 valence electrons. The van der Waals surface area contributed by atoms with Gasteiger partial charge in [0.2, 0.25) is 11.8 Å². The van der Waals surface area contributed by atoms with Crippen molar-refractivity contribution in [2.45, 2.75) is 26.7 Å². The summed E-state index contributed by atoms with van der Waals surface area (Å²) in [5, 5.41) is 11.4. The molecule has 3 aromatic rings. The maximum atomic E-state index is 14.7. The van der Waals surface area contributed by atoms with E-state index >= 15 is 0 Å². The number of nitro groups is 1. The lowest BCUT2D eigenvalue weighted by molar-refractivity contribution is -0.384. The number of hydrogen-bond acceptors (Lipinski definition) is 5. The minimum absolute atomic E-state index is 0.0666. The Morgan fingerprint density at radius 1 is 0.737 bits per heavy atom. The topological polar surface area (TPSA) is 97.6 Å². The average Bonchev–Trinajstić information content (AvgIpc) is 3.45. The lowest BCUT2D eigenvalue weighted by Gasteiger charge is -2.38. The van der Waals surface area contributed by atoms with Crippen LogP contribution in [0.5, 0.6) is 0 Å². The van der Waals surface area contributed by atoms with Gasteiger partial charge in [-0.2, -0.15) is 0 Å². The summed E-state index contributed by atoms with van der Waals surface area (Å²) in [6.07, 6.45) is 0.716. The molecule has 0 radical (unpaired) electrons. The summed E-state index contributed by atoms with van der Waals surface area (Å²) >= 11 is 0. The number of anilines is 1. The maximum Gasteiger partial charge on any atom is 0.271 e. The third kappa shape index (κ3) is 2.76. The van der Waals surface area contributed by atoms with Crippen LogP contribution in [0.15, 0.2) is 84.9 Å². The van der Waals surface area contributed by atoms with Gasteiger partial charge in [-0.1, -0.05) is 80.6 Å². The molecular weight excluding hydrogens is 480 g/mol. The summed E-state index contributed by atoms with van der Waals surface area (Å²) < 4.78 is 0. The summed E-state index contributed by atoms with van der Waals surface area (Å²) in [5.74, 6) is -2.76. The maximum absolute atomic E-state index is 14.7. The van der Waals surface area contributed by atoms with Crippen LogP contribution >= 0.6 is 0 Å².